The minimum Gasteiger partial charge on any atom is -0.462 e. The summed E-state index contributed by atoms with van der Waals surface area (Å²) < 4.78 is 31.9. The van der Waals surface area contributed by atoms with Crippen LogP contribution in [-0.4, -0.2) is 17.8 Å². The number of nitrogens with two attached hydrogens (primary N) is 1. The van der Waals surface area contributed by atoms with Crippen LogP contribution in [0.3, 0.4) is 0 Å². The van der Waals surface area contributed by atoms with E-state index in [1.807, 2.05) is 0 Å². The van der Waals surface area contributed by atoms with Gasteiger partial charge in [-0.3, -0.25) is 0 Å². The molecule has 1 aliphatic heterocycles. The molecule has 0 bridgehead atoms. The summed E-state index contributed by atoms with van der Waals surface area (Å²) in [5.74, 6) is 0.432. The number of rotatable bonds is 2. The molecule has 0 aliphatic carbocycles. The third-order valence-corrected chi connectivity index (χ3v) is 4.03. The van der Waals surface area contributed by atoms with Crippen LogP contribution in [0.2, 0.25) is 0 Å². The predicted octanol–water partition coefficient (Wildman–Crippen LogP) is 1.11. The summed E-state index contributed by atoms with van der Waals surface area (Å²) in [6.07, 6.45) is 0.993. The van der Waals surface area contributed by atoms with Gasteiger partial charge in [0.15, 0.2) is 5.01 Å². The number of halogens is 1. The largest absolute Gasteiger partial charge is 0.462 e. The Labute approximate surface area is 119 Å². The van der Waals surface area contributed by atoms with Crippen molar-refractivity contribution >= 4 is 39.7 Å². The van der Waals surface area contributed by atoms with E-state index in [1.165, 1.54) is 30.0 Å². The standard InChI is InChI=1S/C9H8N4O3S2.ClH/c10-18(14,15)5-1-2-6-7(3-5)16-8(13-6)9-11-4-12-17-9;/h1-4,8,13H,(H2,10,14,15);1H. The number of hydrogen-bond acceptors (Lipinski definition) is 7. The maximum atomic E-state index is 11.2. The van der Waals surface area contributed by atoms with Crippen LogP contribution >= 0.6 is 23.9 Å². The summed E-state index contributed by atoms with van der Waals surface area (Å²) in [5.41, 5.74) is 0.697. The smallest absolute Gasteiger partial charge is 0.238 e. The van der Waals surface area contributed by atoms with Gasteiger partial charge in [0, 0.05) is 6.07 Å². The molecule has 1 aromatic carbocycles. The third kappa shape index (κ3) is 2.63. The molecule has 1 aliphatic rings. The van der Waals surface area contributed by atoms with Crippen molar-refractivity contribution in [3.63, 3.8) is 0 Å². The van der Waals surface area contributed by atoms with Crippen LogP contribution in [0.1, 0.15) is 11.2 Å². The van der Waals surface area contributed by atoms with E-state index in [1.54, 1.807) is 6.07 Å². The first-order chi connectivity index (χ1) is 8.54. The first-order valence-electron chi connectivity index (χ1n) is 4.91. The van der Waals surface area contributed by atoms with Gasteiger partial charge in [0.1, 0.15) is 12.1 Å². The average Bonchev–Trinajstić information content (AvgIpc) is 2.95. The second-order valence-electron chi connectivity index (χ2n) is 3.62. The van der Waals surface area contributed by atoms with E-state index in [9.17, 15) is 8.42 Å². The van der Waals surface area contributed by atoms with E-state index < -0.39 is 16.3 Å². The highest BCUT2D eigenvalue weighted by molar-refractivity contribution is 7.89. The van der Waals surface area contributed by atoms with E-state index in [2.05, 4.69) is 14.7 Å². The van der Waals surface area contributed by atoms with E-state index in [4.69, 9.17) is 9.88 Å². The van der Waals surface area contributed by atoms with Crippen LogP contribution in [0.15, 0.2) is 29.4 Å². The van der Waals surface area contributed by atoms with Crippen molar-refractivity contribution in [2.75, 3.05) is 5.32 Å². The number of ether oxygens (including phenoxy) is 1. The van der Waals surface area contributed by atoms with Crippen LogP contribution in [-0.2, 0) is 10.0 Å². The first kappa shape index (κ1) is 14.0. The Morgan fingerprint density at radius 3 is 2.84 bits per heavy atom. The van der Waals surface area contributed by atoms with Crippen LogP contribution in [0.5, 0.6) is 5.75 Å². The predicted molar refractivity (Wildman–Crippen MR) is 72.0 cm³/mol. The van der Waals surface area contributed by atoms with E-state index in [0.717, 1.165) is 0 Å². The lowest BCUT2D eigenvalue weighted by Crippen LogP contribution is -2.11. The number of anilines is 1. The fourth-order valence-electron chi connectivity index (χ4n) is 1.60. The van der Waals surface area contributed by atoms with Crippen molar-refractivity contribution < 1.29 is 13.2 Å². The van der Waals surface area contributed by atoms with Crippen molar-refractivity contribution in [3.8, 4) is 5.75 Å². The van der Waals surface area contributed by atoms with Gasteiger partial charge >= 0.3 is 0 Å². The Morgan fingerprint density at radius 1 is 1.42 bits per heavy atom. The lowest BCUT2D eigenvalue weighted by atomic mass is 10.3. The third-order valence-electron chi connectivity index (χ3n) is 2.42. The second-order valence-corrected chi connectivity index (χ2v) is 6.00. The van der Waals surface area contributed by atoms with Gasteiger partial charge in [-0.05, 0) is 23.7 Å². The molecular weight excluding hydrogens is 312 g/mol. The minimum atomic E-state index is -3.73. The SMILES string of the molecule is Cl.NS(=O)(=O)c1ccc2c(c1)OC(c1ncns1)N2. The number of primary sulfonamides is 1. The summed E-state index contributed by atoms with van der Waals surface area (Å²) >= 11 is 1.21. The molecule has 0 spiro atoms. The molecular formula is C9H9ClN4O3S2. The summed E-state index contributed by atoms with van der Waals surface area (Å²) in [5, 5.41) is 8.79. The number of aromatic nitrogens is 2. The number of nitrogens with one attached hydrogen (secondary N) is 1. The van der Waals surface area contributed by atoms with Crippen molar-refractivity contribution in [1.82, 2.24) is 9.36 Å². The highest BCUT2D eigenvalue weighted by Gasteiger charge is 2.26. The number of sulfonamides is 1. The zero-order chi connectivity index (χ0) is 12.8. The minimum absolute atomic E-state index is 0. The summed E-state index contributed by atoms with van der Waals surface area (Å²) in [6.45, 7) is 0. The molecule has 0 amide bonds. The zero-order valence-electron chi connectivity index (χ0n) is 9.31. The highest BCUT2D eigenvalue weighted by atomic mass is 35.5. The zero-order valence-corrected chi connectivity index (χ0v) is 11.8. The molecule has 19 heavy (non-hydrogen) atoms. The molecule has 7 nitrogen and oxygen atoms in total. The summed E-state index contributed by atoms with van der Waals surface area (Å²) in [6, 6.07) is 4.42. The highest BCUT2D eigenvalue weighted by Crippen LogP contribution is 2.39. The van der Waals surface area contributed by atoms with Gasteiger partial charge in [-0.15, -0.1) is 12.4 Å². The van der Waals surface area contributed by atoms with Gasteiger partial charge < -0.3 is 10.1 Å². The lowest BCUT2D eigenvalue weighted by Gasteiger charge is -2.05. The molecule has 0 fully saturated rings. The van der Waals surface area contributed by atoms with Crippen LogP contribution in [0, 0.1) is 0 Å². The Hall–Kier alpha value is -1.42. The molecule has 1 unspecified atom stereocenters. The van der Waals surface area contributed by atoms with E-state index in [-0.39, 0.29) is 17.3 Å². The molecule has 10 heteroatoms. The fourth-order valence-corrected chi connectivity index (χ4v) is 2.63. The second kappa shape index (κ2) is 4.93. The van der Waals surface area contributed by atoms with Crippen LogP contribution in [0.4, 0.5) is 5.69 Å². The van der Waals surface area contributed by atoms with Crippen LogP contribution < -0.4 is 15.2 Å². The molecule has 1 aromatic heterocycles. The number of benzene rings is 1. The van der Waals surface area contributed by atoms with Crippen molar-refractivity contribution in [2.45, 2.75) is 11.1 Å². The van der Waals surface area contributed by atoms with Gasteiger partial charge in [0.05, 0.1) is 10.6 Å². The molecule has 3 N–H and O–H groups in total. The van der Waals surface area contributed by atoms with Gasteiger partial charge in [-0.25, -0.2) is 18.5 Å². The molecule has 2 aromatic rings. The molecule has 1 atom stereocenters. The van der Waals surface area contributed by atoms with Gasteiger partial charge in [0.25, 0.3) is 0 Å². The molecule has 0 saturated carbocycles. The first-order valence-corrected chi connectivity index (χ1v) is 7.22. The normalized spacial score (nSPS) is 17.0. The van der Waals surface area contributed by atoms with E-state index >= 15 is 0 Å². The molecule has 2 heterocycles. The molecule has 0 radical (unpaired) electrons. The van der Waals surface area contributed by atoms with Gasteiger partial charge in [-0.2, -0.15) is 4.37 Å². The lowest BCUT2D eigenvalue weighted by molar-refractivity contribution is 0.258. The maximum absolute atomic E-state index is 11.2. The van der Waals surface area contributed by atoms with Crippen molar-refractivity contribution in [2.24, 2.45) is 5.14 Å². The number of hydrogen-bond donors (Lipinski definition) is 2. The molecule has 3 rings (SSSR count). The van der Waals surface area contributed by atoms with Gasteiger partial charge in [-0.1, -0.05) is 0 Å². The Bertz CT molecular complexity index is 689. The molecule has 0 saturated heterocycles. The van der Waals surface area contributed by atoms with Gasteiger partial charge in [0.2, 0.25) is 16.3 Å². The summed E-state index contributed by atoms with van der Waals surface area (Å²) in [7, 11) is -3.73. The summed E-state index contributed by atoms with van der Waals surface area (Å²) in [4.78, 5) is 4.04. The Kier molecular flexibility index (Phi) is 3.63. The number of fused-ring (bicyclic) bond motifs is 1. The van der Waals surface area contributed by atoms with E-state index in [0.29, 0.717) is 16.4 Å². The van der Waals surface area contributed by atoms with Crippen molar-refractivity contribution in [3.05, 3.63) is 29.5 Å². The quantitative estimate of drug-likeness (QED) is 0.858. The fraction of sp³-hybridized carbons (Fsp3) is 0.111. The van der Waals surface area contributed by atoms with Crippen LogP contribution in [0.25, 0.3) is 0 Å². The number of nitrogens with zero attached hydrogens (tertiary/aromatic N) is 2. The molecule has 102 valence electrons. The monoisotopic (exact) mass is 320 g/mol. The topological polar surface area (TPSA) is 107 Å². The Morgan fingerprint density at radius 2 is 2.21 bits per heavy atom. The Balaban J connectivity index is 0.00000133. The van der Waals surface area contributed by atoms with Crippen molar-refractivity contribution in [1.29, 1.82) is 0 Å². The maximum Gasteiger partial charge on any atom is 0.238 e. The average molecular weight is 321 g/mol.